The van der Waals surface area contributed by atoms with Crippen molar-refractivity contribution in [2.75, 3.05) is 23.8 Å². The summed E-state index contributed by atoms with van der Waals surface area (Å²) in [6.45, 7) is 5.00. The van der Waals surface area contributed by atoms with E-state index in [1.165, 1.54) is 0 Å². The van der Waals surface area contributed by atoms with Gasteiger partial charge >= 0.3 is 0 Å². The Bertz CT molecular complexity index is 642. The molecule has 5 heteroatoms. The van der Waals surface area contributed by atoms with E-state index in [4.69, 9.17) is 0 Å². The van der Waals surface area contributed by atoms with Gasteiger partial charge in [0.15, 0.2) is 0 Å². The molecule has 1 aromatic carbocycles. The number of carbonyl (C=O) groups excluding carboxylic acids is 1. The summed E-state index contributed by atoms with van der Waals surface area (Å²) in [4.78, 5) is 22.8. The third-order valence-corrected chi connectivity index (χ3v) is 3.34. The van der Waals surface area contributed by atoms with Crippen LogP contribution < -0.4 is 10.2 Å². The highest BCUT2D eigenvalue weighted by atomic mass is 16.1. The molecular weight excluding hydrogens is 276 g/mol. The first kappa shape index (κ1) is 15.9. The van der Waals surface area contributed by atoms with Crippen LogP contribution in [-0.2, 0) is 0 Å². The van der Waals surface area contributed by atoms with Crippen molar-refractivity contribution >= 4 is 17.5 Å². The summed E-state index contributed by atoms with van der Waals surface area (Å²) < 4.78 is 0. The van der Waals surface area contributed by atoms with Crippen molar-refractivity contribution in [3.63, 3.8) is 0 Å². The van der Waals surface area contributed by atoms with Crippen LogP contribution in [0.5, 0.6) is 0 Å². The Kier molecular flexibility index (Phi) is 5.47. The van der Waals surface area contributed by atoms with Gasteiger partial charge in [-0.2, -0.15) is 0 Å². The standard InChI is InChI=1S/C17H22N4O/c1-4-5-11-21(3)17-18-10-9-15(20-17)16(22)19-14-8-6-7-13(2)12-14/h6-10,12H,4-5,11H2,1-3H3,(H,19,22). The van der Waals surface area contributed by atoms with Crippen molar-refractivity contribution in [2.24, 2.45) is 0 Å². The van der Waals surface area contributed by atoms with Gasteiger partial charge in [0.2, 0.25) is 5.95 Å². The second-order valence-electron chi connectivity index (χ2n) is 5.34. The molecule has 2 rings (SSSR count). The summed E-state index contributed by atoms with van der Waals surface area (Å²) in [6.07, 6.45) is 3.80. The van der Waals surface area contributed by atoms with Gasteiger partial charge in [-0.1, -0.05) is 25.5 Å². The molecule has 116 valence electrons. The molecule has 0 bridgehead atoms. The summed E-state index contributed by atoms with van der Waals surface area (Å²) in [5, 5.41) is 2.86. The van der Waals surface area contributed by atoms with Gasteiger partial charge in [0.1, 0.15) is 5.69 Å². The summed E-state index contributed by atoms with van der Waals surface area (Å²) in [5.74, 6) is 0.350. The van der Waals surface area contributed by atoms with E-state index in [0.29, 0.717) is 11.6 Å². The average molecular weight is 298 g/mol. The Balaban J connectivity index is 2.10. The topological polar surface area (TPSA) is 58.1 Å². The van der Waals surface area contributed by atoms with Crippen LogP contribution in [0.4, 0.5) is 11.6 Å². The van der Waals surface area contributed by atoms with Crippen molar-refractivity contribution in [1.82, 2.24) is 9.97 Å². The molecule has 0 aliphatic heterocycles. The molecule has 1 N–H and O–H groups in total. The zero-order valence-electron chi connectivity index (χ0n) is 13.3. The molecule has 22 heavy (non-hydrogen) atoms. The van der Waals surface area contributed by atoms with Gasteiger partial charge in [0.25, 0.3) is 5.91 Å². The van der Waals surface area contributed by atoms with E-state index in [9.17, 15) is 4.79 Å². The molecule has 0 radical (unpaired) electrons. The van der Waals surface area contributed by atoms with Gasteiger partial charge in [-0.3, -0.25) is 4.79 Å². The lowest BCUT2D eigenvalue weighted by molar-refractivity contribution is 0.102. The molecule has 1 amide bonds. The number of hydrogen-bond acceptors (Lipinski definition) is 4. The summed E-state index contributed by atoms with van der Waals surface area (Å²) in [6, 6.07) is 9.31. The normalized spacial score (nSPS) is 10.3. The zero-order chi connectivity index (χ0) is 15.9. The quantitative estimate of drug-likeness (QED) is 0.889. The van der Waals surface area contributed by atoms with Crippen LogP contribution in [0.3, 0.4) is 0 Å². The van der Waals surface area contributed by atoms with Crippen molar-refractivity contribution in [3.8, 4) is 0 Å². The molecule has 0 atom stereocenters. The van der Waals surface area contributed by atoms with E-state index < -0.39 is 0 Å². The van der Waals surface area contributed by atoms with Crippen LogP contribution in [0.1, 0.15) is 35.8 Å². The molecule has 0 saturated carbocycles. The molecular formula is C17H22N4O. The number of aromatic nitrogens is 2. The number of anilines is 2. The number of rotatable bonds is 6. The van der Waals surface area contributed by atoms with Crippen LogP contribution in [0.2, 0.25) is 0 Å². The minimum absolute atomic E-state index is 0.224. The van der Waals surface area contributed by atoms with Gasteiger partial charge in [-0.05, 0) is 37.1 Å². The lowest BCUT2D eigenvalue weighted by atomic mass is 10.2. The van der Waals surface area contributed by atoms with Crippen LogP contribution in [0, 0.1) is 6.92 Å². The predicted octanol–water partition coefficient (Wildman–Crippen LogP) is 3.27. The predicted molar refractivity (Wildman–Crippen MR) is 89.3 cm³/mol. The van der Waals surface area contributed by atoms with E-state index in [2.05, 4.69) is 22.2 Å². The highest BCUT2D eigenvalue weighted by Crippen LogP contribution is 2.12. The monoisotopic (exact) mass is 298 g/mol. The van der Waals surface area contributed by atoms with Crippen LogP contribution in [0.25, 0.3) is 0 Å². The van der Waals surface area contributed by atoms with E-state index in [1.807, 2.05) is 43.1 Å². The second kappa shape index (κ2) is 7.54. The van der Waals surface area contributed by atoms with Crippen molar-refractivity contribution in [2.45, 2.75) is 26.7 Å². The molecule has 0 unspecified atom stereocenters. The lowest BCUT2D eigenvalue weighted by Gasteiger charge is -2.16. The maximum atomic E-state index is 12.3. The van der Waals surface area contributed by atoms with E-state index in [0.717, 1.165) is 30.6 Å². The fourth-order valence-electron chi connectivity index (χ4n) is 2.07. The number of nitrogens with zero attached hydrogens (tertiary/aromatic N) is 3. The summed E-state index contributed by atoms with van der Waals surface area (Å²) >= 11 is 0. The summed E-state index contributed by atoms with van der Waals surface area (Å²) in [7, 11) is 1.94. The molecule has 0 aliphatic carbocycles. The van der Waals surface area contributed by atoms with E-state index in [-0.39, 0.29) is 5.91 Å². The van der Waals surface area contributed by atoms with Gasteiger partial charge in [0, 0.05) is 25.5 Å². The van der Waals surface area contributed by atoms with Gasteiger partial charge in [-0.15, -0.1) is 0 Å². The van der Waals surface area contributed by atoms with Crippen molar-refractivity contribution in [3.05, 3.63) is 47.8 Å². The fraction of sp³-hybridized carbons (Fsp3) is 0.353. The first-order valence-electron chi connectivity index (χ1n) is 7.52. The van der Waals surface area contributed by atoms with Gasteiger partial charge < -0.3 is 10.2 Å². The first-order valence-corrected chi connectivity index (χ1v) is 7.52. The van der Waals surface area contributed by atoms with Gasteiger partial charge in [-0.25, -0.2) is 9.97 Å². The third-order valence-electron chi connectivity index (χ3n) is 3.34. The number of benzene rings is 1. The van der Waals surface area contributed by atoms with Crippen LogP contribution in [0.15, 0.2) is 36.5 Å². The zero-order valence-corrected chi connectivity index (χ0v) is 13.3. The van der Waals surface area contributed by atoms with Crippen molar-refractivity contribution in [1.29, 1.82) is 0 Å². The second-order valence-corrected chi connectivity index (χ2v) is 5.34. The summed E-state index contributed by atoms with van der Waals surface area (Å²) in [5.41, 5.74) is 2.24. The number of nitrogens with one attached hydrogen (secondary N) is 1. The molecule has 1 heterocycles. The number of carbonyl (C=O) groups is 1. The maximum Gasteiger partial charge on any atom is 0.274 e. The highest BCUT2D eigenvalue weighted by molar-refractivity contribution is 6.03. The molecule has 0 saturated heterocycles. The molecule has 0 fully saturated rings. The van der Waals surface area contributed by atoms with E-state index >= 15 is 0 Å². The Morgan fingerprint density at radius 1 is 1.32 bits per heavy atom. The van der Waals surface area contributed by atoms with Crippen molar-refractivity contribution < 1.29 is 4.79 Å². The largest absolute Gasteiger partial charge is 0.344 e. The first-order chi connectivity index (χ1) is 10.6. The SMILES string of the molecule is CCCCN(C)c1nccc(C(=O)Nc2cccc(C)c2)n1. The number of aryl methyl sites for hydroxylation is 1. The molecule has 2 aromatic rings. The smallest absolute Gasteiger partial charge is 0.274 e. The Morgan fingerprint density at radius 3 is 2.86 bits per heavy atom. The number of unbranched alkanes of at least 4 members (excludes halogenated alkanes) is 1. The number of amides is 1. The Hall–Kier alpha value is -2.43. The minimum Gasteiger partial charge on any atom is -0.344 e. The molecule has 1 aromatic heterocycles. The third kappa shape index (κ3) is 4.28. The average Bonchev–Trinajstić information content (AvgIpc) is 2.52. The van der Waals surface area contributed by atoms with E-state index in [1.54, 1.807) is 12.3 Å². The maximum absolute atomic E-state index is 12.3. The molecule has 5 nitrogen and oxygen atoms in total. The highest BCUT2D eigenvalue weighted by Gasteiger charge is 2.11. The van der Waals surface area contributed by atoms with Gasteiger partial charge in [0.05, 0.1) is 0 Å². The van der Waals surface area contributed by atoms with Crippen LogP contribution in [-0.4, -0.2) is 29.5 Å². The fourth-order valence-corrected chi connectivity index (χ4v) is 2.07. The molecule has 0 aliphatic rings. The minimum atomic E-state index is -0.224. The molecule has 0 spiro atoms. The lowest BCUT2D eigenvalue weighted by Crippen LogP contribution is -2.22. The number of hydrogen-bond donors (Lipinski definition) is 1. The Labute approximate surface area is 131 Å². The van der Waals surface area contributed by atoms with Crippen LogP contribution >= 0.6 is 0 Å². The Morgan fingerprint density at radius 2 is 2.14 bits per heavy atom.